The molecule has 2 heterocycles. The third-order valence-electron chi connectivity index (χ3n) is 4.52. The van der Waals surface area contributed by atoms with E-state index in [1.54, 1.807) is 35.8 Å². The molecule has 142 valence electrons. The molecule has 0 bridgehead atoms. The van der Waals surface area contributed by atoms with Crippen molar-refractivity contribution in [2.45, 2.75) is 20.8 Å². The molecule has 7 nitrogen and oxygen atoms in total. The minimum absolute atomic E-state index is 0.0322. The van der Waals surface area contributed by atoms with Crippen LogP contribution >= 0.6 is 11.6 Å². The van der Waals surface area contributed by atoms with Crippen molar-refractivity contribution in [2.24, 2.45) is 0 Å². The van der Waals surface area contributed by atoms with Gasteiger partial charge in [0.1, 0.15) is 17.3 Å². The molecule has 27 heavy (non-hydrogen) atoms. The van der Waals surface area contributed by atoms with E-state index in [1.807, 2.05) is 19.1 Å². The lowest BCUT2D eigenvalue weighted by molar-refractivity contribution is -0.130. The van der Waals surface area contributed by atoms with Gasteiger partial charge in [0.2, 0.25) is 5.91 Å². The Morgan fingerprint density at radius 2 is 1.70 bits per heavy atom. The summed E-state index contributed by atoms with van der Waals surface area (Å²) in [6, 6.07) is 7.18. The van der Waals surface area contributed by atoms with Crippen LogP contribution in [0.2, 0.25) is 5.02 Å². The van der Waals surface area contributed by atoms with E-state index in [0.29, 0.717) is 48.5 Å². The monoisotopic (exact) mass is 387 g/mol. The van der Waals surface area contributed by atoms with Crippen molar-refractivity contribution in [3.63, 3.8) is 0 Å². The van der Waals surface area contributed by atoms with Crippen molar-refractivity contribution in [1.82, 2.24) is 19.8 Å². The molecule has 1 aliphatic heterocycles. The van der Waals surface area contributed by atoms with Crippen molar-refractivity contribution < 1.29 is 9.59 Å². The second-order valence-corrected chi connectivity index (χ2v) is 7.00. The third-order valence-corrected chi connectivity index (χ3v) is 4.76. The highest BCUT2D eigenvalue weighted by atomic mass is 35.5. The van der Waals surface area contributed by atoms with Gasteiger partial charge in [-0.3, -0.25) is 9.59 Å². The van der Waals surface area contributed by atoms with E-state index >= 15 is 0 Å². The lowest BCUT2D eigenvalue weighted by atomic mass is 10.2. The molecule has 0 saturated carbocycles. The Kier molecular flexibility index (Phi) is 5.60. The zero-order valence-corrected chi connectivity index (χ0v) is 16.4. The molecule has 1 aromatic carbocycles. The molecule has 1 aliphatic rings. The Morgan fingerprint density at radius 3 is 2.33 bits per heavy atom. The molecule has 0 radical (unpaired) electrons. The van der Waals surface area contributed by atoms with E-state index in [1.165, 1.54) is 0 Å². The second-order valence-electron chi connectivity index (χ2n) is 6.57. The van der Waals surface area contributed by atoms with Crippen LogP contribution in [0.15, 0.2) is 24.3 Å². The van der Waals surface area contributed by atoms with Gasteiger partial charge in [-0.2, -0.15) is 0 Å². The van der Waals surface area contributed by atoms with Crippen LogP contribution < -0.4 is 5.32 Å². The number of benzene rings is 1. The van der Waals surface area contributed by atoms with Gasteiger partial charge in [-0.25, -0.2) is 9.97 Å². The number of nitrogens with zero attached hydrogens (tertiary/aromatic N) is 4. The summed E-state index contributed by atoms with van der Waals surface area (Å²) in [6.07, 6.45) is 0. The van der Waals surface area contributed by atoms with Crippen molar-refractivity contribution in [3.05, 3.63) is 46.4 Å². The molecule has 1 N–H and O–H groups in total. The van der Waals surface area contributed by atoms with E-state index in [-0.39, 0.29) is 11.8 Å². The summed E-state index contributed by atoms with van der Waals surface area (Å²) in [5, 5.41) is 3.89. The number of piperazine rings is 1. The summed E-state index contributed by atoms with van der Waals surface area (Å²) in [5.41, 5.74) is 2.19. The number of hydrogen-bond acceptors (Lipinski definition) is 5. The van der Waals surface area contributed by atoms with Crippen LogP contribution in [-0.2, 0) is 4.79 Å². The Bertz CT molecular complexity index is 878. The number of aryl methyl sites for hydroxylation is 2. The Hall–Kier alpha value is -2.67. The largest absolute Gasteiger partial charge is 0.340 e. The molecule has 0 unspecified atom stereocenters. The minimum Gasteiger partial charge on any atom is -0.340 e. The van der Waals surface area contributed by atoms with Crippen molar-refractivity contribution in [3.8, 4) is 0 Å². The van der Waals surface area contributed by atoms with Crippen LogP contribution in [-0.4, -0.2) is 57.8 Å². The predicted molar refractivity (Wildman–Crippen MR) is 104 cm³/mol. The molecule has 0 atom stereocenters. The van der Waals surface area contributed by atoms with E-state index in [2.05, 4.69) is 15.3 Å². The molecule has 1 aromatic heterocycles. The molecule has 2 aromatic rings. The zero-order valence-electron chi connectivity index (χ0n) is 15.6. The van der Waals surface area contributed by atoms with Crippen LogP contribution in [0.5, 0.6) is 0 Å². The number of carbonyl (C=O) groups excluding carboxylic acids is 2. The number of halogens is 1. The van der Waals surface area contributed by atoms with Gasteiger partial charge in [0.05, 0.1) is 0 Å². The third kappa shape index (κ3) is 4.54. The SMILES string of the molecule is CC(=O)N1CCN(C(=O)c2cc(Nc3ccc(Cl)cc3C)nc(C)n2)CC1. The Morgan fingerprint density at radius 1 is 1.04 bits per heavy atom. The summed E-state index contributed by atoms with van der Waals surface area (Å²) >= 11 is 6.00. The molecule has 0 aliphatic carbocycles. The number of rotatable bonds is 3. The fraction of sp³-hybridized carbons (Fsp3) is 0.368. The molecule has 1 fully saturated rings. The number of anilines is 2. The standard InChI is InChI=1S/C19H22ClN5O2/c1-12-10-15(20)4-5-16(12)23-18-11-17(21-13(2)22-18)19(27)25-8-6-24(7-9-25)14(3)26/h4-5,10-11H,6-9H2,1-3H3,(H,21,22,23). The predicted octanol–water partition coefficient (Wildman–Crippen LogP) is 2.79. The molecule has 1 saturated heterocycles. The second kappa shape index (κ2) is 7.92. The van der Waals surface area contributed by atoms with E-state index in [9.17, 15) is 9.59 Å². The molecule has 0 spiro atoms. The van der Waals surface area contributed by atoms with Gasteiger partial charge in [-0.15, -0.1) is 0 Å². The van der Waals surface area contributed by atoms with Gasteiger partial charge in [0.25, 0.3) is 5.91 Å². The number of carbonyl (C=O) groups is 2. The van der Waals surface area contributed by atoms with Gasteiger partial charge in [0, 0.05) is 49.9 Å². The Balaban J connectivity index is 1.77. The van der Waals surface area contributed by atoms with E-state index in [0.717, 1.165) is 11.3 Å². The van der Waals surface area contributed by atoms with Crippen LogP contribution in [0, 0.1) is 13.8 Å². The summed E-state index contributed by atoms with van der Waals surface area (Å²) < 4.78 is 0. The first-order chi connectivity index (χ1) is 12.8. The molecule has 3 rings (SSSR count). The lowest BCUT2D eigenvalue weighted by Gasteiger charge is -2.34. The molecular formula is C19H22ClN5O2. The van der Waals surface area contributed by atoms with Gasteiger partial charge in [-0.05, 0) is 37.6 Å². The maximum absolute atomic E-state index is 12.8. The quantitative estimate of drug-likeness (QED) is 0.876. The average molecular weight is 388 g/mol. The maximum atomic E-state index is 12.8. The molecule has 2 amide bonds. The van der Waals surface area contributed by atoms with Gasteiger partial charge < -0.3 is 15.1 Å². The summed E-state index contributed by atoms with van der Waals surface area (Å²) in [7, 11) is 0. The van der Waals surface area contributed by atoms with Gasteiger partial charge in [0.15, 0.2) is 0 Å². The number of nitrogens with one attached hydrogen (secondary N) is 1. The maximum Gasteiger partial charge on any atom is 0.272 e. The fourth-order valence-electron chi connectivity index (χ4n) is 3.03. The smallest absolute Gasteiger partial charge is 0.272 e. The summed E-state index contributed by atoms with van der Waals surface area (Å²) in [4.78, 5) is 36.4. The van der Waals surface area contributed by atoms with E-state index in [4.69, 9.17) is 11.6 Å². The van der Waals surface area contributed by atoms with Crippen LogP contribution in [0.1, 0.15) is 28.8 Å². The van der Waals surface area contributed by atoms with Crippen molar-refractivity contribution in [1.29, 1.82) is 0 Å². The number of amides is 2. The number of aromatic nitrogens is 2. The van der Waals surface area contributed by atoms with Crippen molar-refractivity contribution >= 4 is 34.9 Å². The van der Waals surface area contributed by atoms with Gasteiger partial charge >= 0.3 is 0 Å². The van der Waals surface area contributed by atoms with Crippen LogP contribution in [0.4, 0.5) is 11.5 Å². The Labute approximate surface area is 163 Å². The fourth-order valence-corrected chi connectivity index (χ4v) is 3.26. The van der Waals surface area contributed by atoms with E-state index < -0.39 is 0 Å². The highest BCUT2D eigenvalue weighted by molar-refractivity contribution is 6.30. The summed E-state index contributed by atoms with van der Waals surface area (Å²) in [5.74, 6) is 0.945. The van der Waals surface area contributed by atoms with Crippen LogP contribution in [0.25, 0.3) is 0 Å². The minimum atomic E-state index is -0.153. The summed E-state index contributed by atoms with van der Waals surface area (Å²) in [6.45, 7) is 7.33. The lowest BCUT2D eigenvalue weighted by Crippen LogP contribution is -2.50. The normalized spacial score (nSPS) is 14.2. The molecule has 8 heteroatoms. The first-order valence-electron chi connectivity index (χ1n) is 8.77. The van der Waals surface area contributed by atoms with Crippen LogP contribution in [0.3, 0.4) is 0 Å². The van der Waals surface area contributed by atoms with Crippen molar-refractivity contribution in [2.75, 3.05) is 31.5 Å². The zero-order chi connectivity index (χ0) is 19.6. The first kappa shape index (κ1) is 19.1. The molecular weight excluding hydrogens is 366 g/mol. The van der Waals surface area contributed by atoms with Gasteiger partial charge in [-0.1, -0.05) is 11.6 Å². The highest BCUT2D eigenvalue weighted by Gasteiger charge is 2.24. The number of hydrogen-bond donors (Lipinski definition) is 1. The topological polar surface area (TPSA) is 78.4 Å². The first-order valence-corrected chi connectivity index (χ1v) is 9.15. The highest BCUT2D eigenvalue weighted by Crippen LogP contribution is 2.23. The average Bonchev–Trinajstić information content (AvgIpc) is 2.63.